The molecule has 26 heavy (non-hydrogen) atoms. The van der Waals surface area contributed by atoms with Crippen molar-refractivity contribution in [2.45, 2.75) is 22.9 Å². The number of nitrogens with zero attached hydrogens (tertiary/aromatic N) is 1. The van der Waals surface area contributed by atoms with Gasteiger partial charge in [-0.25, -0.2) is 4.98 Å². The second kappa shape index (κ2) is 6.99. The number of methoxy groups -OCH3 is 1. The number of ketones is 1. The fourth-order valence-electron chi connectivity index (χ4n) is 2.48. The van der Waals surface area contributed by atoms with Crippen LogP contribution in [-0.4, -0.2) is 24.1 Å². The predicted molar refractivity (Wildman–Crippen MR) is 94.0 cm³/mol. The highest BCUT2D eigenvalue weighted by Gasteiger charge is 2.43. The van der Waals surface area contributed by atoms with Crippen molar-refractivity contribution in [2.75, 3.05) is 7.11 Å². The number of aromatic nitrogens is 1. The molecule has 0 atom stereocenters. The third kappa shape index (κ3) is 3.53. The number of ether oxygens (including phenoxy) is 1. The van der Waals surface area contributed by atoms with Crippen LogP contribution in [0, 0.1) is 6.92 Å². The maximum atomic E-state index is 13.2. The van der Waals surface area contributed by atoms with Crippen LogP contribution in [0.15, 0.2) is 58.3 Å². The summed E-state index contributed by atoms with van der Waals surface area (Å²) >= 11 is 1.09. The van der Waals surface area contributed by atoms with Gasteiger partial charge >= 0.3 is 6.18 Å². The summed E-state index contributed by atoms with van der Waals surface area (Å²) in [7, 11) is 1.20. The number of carbonyl (C=O) groups excluding carboxylic acids is 1. The van der Waals surface area contributed by atoms with E-state index in [0.29, 0.717) is 15.8 Å². The zero-order chi connectivity index (χ0) is 18.9. The van der Waals surface area contributed by atoms with Crippen LogP contribution >= 0.6 is 11.8 Å². The lowest BCUT2D eigenvalue weighted by Crippen LogP contribution is -2.24. The third-order valence-electron chi connectivity index (χ3n) is 3.73. The maximum Gasteiger partial charge on any atom is 0.455 e. The first-order chi connectivity index (χ1) is 12.3. The Morgan fingerprint density at radius 1 is 1.08 bits per heavy atom. The standard InChI is InChI=1S/C19H14F3NO2S/c1-11-7-9-12(10-8-11)26-16-13-5-3-4-6-14(13)23-18(25-2)15(16)17(24)19(20,21)22/h3-10H,1-2H3. The van der Waals surface area contributed by atoms with Gasteiger partial charge in [-0.3, -0.25) is 4.79 Å². The summed E-state index contributed by atoms with van der Waals surface area (Å²) in [5.41, 5.74) is 0.917. The van der Waals surface area contributed by atoms with Crippen molar-refractivity contribution >= 4 is 28.4 Å². The van der Waals surface area contributed by atoms with E-state index in [1.165, 1.54) is 7.11 Å². The Hall–Kier alpha value is -2.54. The lowest BCUT2D eigenvalue weighted by atomic mass is 10.1. The number of halogens is 3. The van der Waals surface area contributed by atoms with Gasteiger partial charge in [0.05, 0.1) is 12.6 Å². The topological polar surface area (TPSA) is 39.2 Å². The molecule has 2 aromatic carbocycles. The molecule has 7 heteroatoms. The van der Waals surface area contributed by atoms with Gasteiger partial charge in [0.25, 0.3) is 5.78 Å². The first kappa shape index (κ1) is 18.3. The molecule has 0 bridgehead atoms. The van der Waals surface area contributed by atoms with Gasteiger partial charge in [0.15, 0.2) is 0 Å². The van der Waals surface area contributed by atoms with Crippen LogP contribution in [0.1, 0.15) is 15.9 Å². The van der Waals surface area contributed by atoms with E-state index in [0.717, 1.165) is 17.3 Å². The summed E-state index contributed by atoms with van der Waals surface area (Å²) in [4.78, 5) is 17.1. The summed E-state index contributed by atoms with van der Waals surface area (Å²) in [5.74, 6) is -2.30. The Bertz CT molecular complexity index is 969. The van der Waals surface area contributed by atoms with Gasteiger partial charge < -0.3 is 4.74 Å². The van der Waals surface area contributed by atoms with Crippen LogP contribution in [0.4, 0.5) is 13.2 Å². The normalized spacial score (nSPS) is 11.6. The Kier molecular flexibility index (Phi) is 4.91. The van der Waals surface area contributed by atoms with Gasteiger partial charge in [-0.05, 0) is 25.1 Å². The lowest BCUT2D eigenvalue weighted by molar-refractivity contribution is -0.0888. The molecule has 0 fully saturated rings. The van der Waals surface area contributed by atoms with E-state index in [4.69, 9.17) is 4.74 Å². The molecule has 0 radical (unpaired) electrons. The van der Waals surface area contributed by atoms with Gasteiger partial charge in [-0.2, -0.15) is 13.2 Å². The molecule has 3 rings (SSSR count). The number of pyridine rings is 1. The van der Waals surface area contributed by atoms with Gasteiger partial charge in [0.2, 0.25) is 5.88 Å². The minimum absolute atomic E-state index is 0.179. The van der Waals surface area contributed by atoms with Crippen molar-refractivity contribution in [1.29, 1.82) is 0 Å². The molecular formula is C19H14F3NO2S. The minimum atomic E-state index is -5.03. The molecular weight excluding hydrogens is 363 g/mol. The van der Waals surface area contributed by atoms with Crippen LogP contribution in [0.3, 0.4) is 0 Å². The Morgan fingerprint density at radius 3 is 2.35 bits per heavy atom. The summed E-state index contributed by atoms with van der Waals surface area (Å²) in [6.45, 7) is 1.91. The minimum Gasteiger partial charge on any atom is -0.480 e. The highest BCUT2D eigenvalue weighted by atomic mass is 32.2. The number of para-hydroxylation sites is 1. The Labute approximate surface area is 152 Å². The van der Waals surface area contributed by atoms with Crippen molar-refractivity contribution < 1.29 is 22.7 Å². The average molecular weight is 377 g/mol. The number of Topliss-reactive ketones (excluding diaryl/α,β-unsaturated/α-hetero) is 1. The van der Waals surface area contributed by atoms with E-state index in [9.17, 15) is 18.0 Å². The molecule has 0 aliphatic heterocycles. The molecule has 0 unspecified atom stereocenters. The van der Waals surface area contributed by atoms with Crippen molar-refractivity contribution in [3.8, 4) is 5.88 Å². The fraction of sp³-hybridized carbons (Fsp3) is 0.158. The molecule has 0 amide bonds. The molecule has 0 saturated heterocycles. The second-order valence-corrected chi connectivity index (χ2v) is 6.67. The highest BCUT2D eigenvalue weighted by Crippen LogP contribution is 2.41. The van der Waals surface area contributed by atoms with Gasteiger partial charge in [-0.15, -0.1) is 0 Å². The number of hydrogen-bond donors (Lipinski definition) is 0. The maximum absolute atomic E-state index is 13.2. The van der Waals surface area contributed by atoms with Crippen molar-refractivity contribution in [3.05, 3.63) is 59.7 Å². The van der Waals surface area contributed by atoms with Crippen molar-refractivity contribution in [1.82, 2.24) is 4.98 Å². The fourth-order valence-corrected chi connectivity index (χ4v) is 3.55. The molecule has 0 N–H and O–H groups in total. The zero-order valence-corrected chi connectivity index (χ0v) is 14.7. The Morgan fingerprint density at radius 2 is 1.73 bits per heavy atom. The number of alkyl halides is 3. The summed E-state index contributed by atoms with van der Waals surface area (Å²) in [6.07, 6.45) is -5.03. The van der Waals surface area contributed by atoms with Crippen LogP contribution in [0.5, 0.6) is 5.88 Å². The molecule has 0 spiro atoms. The molecule has 1 heterocycles. The number of aryl methyl sites for hydroxylation is 1. The summed E-state index contributed by atoms with van der Waals surface area (Å²) < 4.78 is 44.6. The zero-order valence-electron chi connectivity index (χ0n) is 13.9. The largest absolute Gasteiger partial charge is 0.480 e. The van der Waals surface area contributed by atoms with Gasteiger partial charge in [-0.1, -0.05) is 47.7 Å². The van der Waals surface area contributed by atoms with Crippen LogP contribution in [-0.2, 0) is 0 Å². The monoisotopic (exact) mass is 377 g/mol. The number of hydrogen-bond acceptors (Lipinski definition) is 4. The van der Waals surface area contributed by atoms with E-state index in [1.54, 1.807) is 36.4 Å². The van der Waals surface area contributed by atoms with E-state index < -0.39 is 17.5 Å². The summed E-state index contributed by atoms with van der Waals surface area (Å²) in [6, 6.07) is 14.0. The highest BCUT2D eigenvalue weighted by molar-refractivity contribution is 7.99. The first-order valence-electron chi connectivity index (χ1n) is 7.64. The second-order valence-electron chi connectivity index (χ2n) is 5.58. The van der Waals surface area contributed by atoms with E-state index in [1.807, 2.05) is 19.1 Å². The number of carbonyl (C=O) groups is 1. The van der Waals surface area contributed by atoms with Crippen molar-refractivity contribution in [3.63, 3.8) is 0 Å². The number of fused-ring (bicyclic) bond motifs is 1. The molecule has 3 aromatic rings. The first-order valence-corrected chi connectivity index (χ1v) is 8.45. The molecule has 0 aliphatic carbocycles. The van der Waals surface area contributed by atoms with Gasteiger partial charge in [0.1, 0.15) is 5.56 Å². The smallest absolute Gasteiger partial charge is 0.455 e. The third-order valence-corrected chi connectivity index (χ3v) is 4.87. The molecule has 3 nitrogen and oxygen atoms in total. The molecule has 0 saturated carbocycles. The molecule has 1 aromatic heterocycles. The average Bonchev–Trinajstić information content (AvgIpc) is 2.61. The van der Waals surface area contributed by atoms with E-state index >= 15 is 0 Å². The predicted octanol–water partition coefficient (Wildman–Crippen LogP) is 5.45. The molecule has 134 valence electrons. The van der Waals surface area contributed by atoms with E-state index in [-0.39, 0.29) is 10.8 Å². The van der Waals surface area contributed by atoms with Crippen LogP contribution in [0.25, 0.3) is 10.9 Å². The van der Waals surface area contributed by atoms with Gasteiger partial charge in [0, 0.05) is 15.2 Å². The van der Waals surface area contributed by atoms with E-state index in [2.05, 4.69) is 4.98 Å². The quantitative estimate of drug-likeness (QED) is 0.567. The Balaban J connectivity index is 2.28. The number of benzene rings is 2. The molecule has 0 aliphatic rings. The van der Waals surface area contributed by atoms with Crippen LogP contribution in [0.2, 0.25) is 0 Å². The summed E-state index contributed by atoms with van der Waals surface area (Å²) in [5, 5.41) is 0.464. The van der Waals surface area contributed by atoms with Crippen LogP contribution < -0.4 is 4.74 Å². The lowest BCUT2D eigenvalue weighted by Gasteiger charge is -2.16. The number of rotatable bonds is 4. The SMILES string of the molecule is COc1nc2ccccc2c(Sc2ccc(C)cc2)c1C(=O)C(F)(F)F. The van der Waals surface area contributed by atoms with Crippen molar-refractivity contribution in [2.24, 2.45) is 0 Å².